The number of fused-ring (bicyclic) bond motifs is 1. The van der Waals surface area contributed by atoms with Crippen molar-refractivity contribution in [2.24, 2.45) is 4.40 Å². The molecular weight excluding hydrogens is 326 g/mol. The lowest BCUT2D eigenvalue weighted by molar-refractivity contribution is -0.0213. The second-order valence-corrected chi connectivity index (χ2v) is 7.21. The molecule has 4 rings (SSSR count). The molecule has 1 aromatic heterocycles. The molecule has 6 nitrogen and oxygen atoms in total. The quantitative estimate of drug-likeness (QED) is 0.782. The van der Waals surface area contributed by atoms with Gasteiger partial charge in [-0.25, -0.2) is 4.98 Å². The summed E-state index contributed by atoms with van der Waals surface area (Å²) in [6, 6.07) is 3.89. The van der Waals surface area contributed by atoms with E-state index in [0.717, 1.165) is 24.3 Å². The minimum atomic E-state index is -0.546. The van der Waals surface area contributed by atoms with E-state index in [4.69, 9.17) is 14.2 Å². The van der Waals surface area contributed by atoms with E-state index in [-0.39, 0.29) is 0 Å². The molecule has 0 atom stereocenters. The van der Waals surface area contributed by atoms with Gasteiger partial charge in [-0.05, 0) is 38.1 Å². The van der Waals surface area contributed by atoms with E-state index < -0.39 is 5.60 Å². The van der Waals surface area contributed by atoms with E-state index in [0.29, 0.717) is 31.6 Å². The highest BCUT2D eigenvalue weighted by molar-refractivity contribution is 7.98. The van der Waals surface area contributed by atoms with E-state index in [2.05, 4.69) is 14.3 Å². The highest BCUT2D eigenvalue weighted by Gasteiger charge is 2.44. The Kier molecular flexibility index (Phi) is 4.91. The summed E-state index contributed by atoms with van der Waals surface area (Å²) in [5.74, 6) is 1.33. The molecule has 0 radical (unpaired) electrons. The van der Waals surface area contributed by atoms with Crippen molar-refractivity contribution < 1.29 is 14.2 Å². The average Bonchev–Trinajstić information content (AvgIpc) is 3.08. The molecule has 0 saturated carbocycles. The van der Waals surface area contributed by atoms with Gasteiger partial charge in [0.2, 0.25) is 11.8 Å². The summed E-state index contributed by atoms with van der Waals surface area (Å²) in [5, 5.41) is 0. The highest BCUT2D eigenvalue weighted by Crippen LogP contribution is 2.39. The van der Waals surface area contributed by atoms with Gasteiger partial charge < -0.3 is 14.2 Å². The summed E-state index contributed by atoms with van der Waals surface area (Å²) in [4.78, 5) is 7.76. The molecule has 7 heteroatoms. The molecule has 3 aliphatic rings. The maximum Gasteiger partial charge on any atom is 0.241 e. The molecule has 0 amide bonds. The first-order chi connectivity index (χ1) is 11.9. The summed E-state index contributed by atoms with van der Waals surface area (Å²) in [5.41, 5.74) is -0.546. The van der Waals surface area contributed by atoms with Crippen molar-refractivity contribution in [2.75, 3.05) is 39.5 Å². The van der Waals surface area contributed by atoms with E-state index >= 15 is 0 Å². The third-order valence-electron chi connectivity index (χ3n) is 4.79. The number of aromatic nitrogens is 1. The van der Waals surface area contributed by atoms with Crippen LogP contribution in [-0.4, -0.2) is 60.8 Å². The molecule has 3 aliphatic heterocycles. The van der Waals surface area contributed by atoms with Crippen molar-refractivity contribution in [2.45, 2.75) is 36.2 Å². The number of nitrogens with zero attached hydrogens (tertiary/aromatic N) is 3. The zero-order valence-corrected chi connectivity index (χ0v) is 14.6. The number of likely N-dealkylation sites (tertiary alicyclic amines) is 1. The first-order valence-corrected chi connectivity index (χ1v) is 9.46. The van der Waals surface area contributed by atoms with Gasteiger partial charge >= 0.3 is 0 Å². The van der Waals surface area contributed by atoms with Gasteiger partial charge in [-0.15, -0.1) is 0 Å². The molecule has 4 heterocycles. The number of pyridine rings is 1. The third-order valence-corrected chi connectivity index (χ3v) is 5.55. The Hall–Kier alpha value is -1.31. The molecule has 1 aromatic rings. The summed E-state index contributed by atoms with van der Waals surface area (Å²) in [7, 11) is 0. The maximum atomic E-state index is 6.34. The van der Waals surface area contributed by atoms with Crippen LogP contribution in [0.3, 0.4) is 0 Å². The molecule has 0 N–H and O–H groups in total. The Bertz CT molecular complexity index is 598. The van der Waals surface area contributed by atoms with Gasteiger partial charge in [0, 0.05) is 37.5 Å². The van der Waals surface area contributed by atoms with Gasteiger partial charge in [-0.2, -0.15) is 4.40 Å². The fourth-order valence-corrected chi connectivity index (χ4v) is 4.09. The molecule has 2 saturated heterocycles. The van der Waals surface area contributed by atoms with Crippen molar-refractivity contribution in [3.8, 4) is 5.88 Å². The number of hydrogen-bond donors (Lipinski definition) is 0. The lowest BCUT2D eigenvalue weighted by atomic mass is 9.93. The zero-order valence-electron chi connectivity index (χ0n) is 13.8. The summed E-state index contributed by atoms with van der Waals surface area (Å²) >= 11 is 1.39. The van der Waals surface area contributed by atoms with Crippen LogP contribution in [0, 0.1) is 0 Å². The van der Waals surface area contributed by atoms with Gasteiger partial charge in [0.15, 0.2) is 5.60 Å². The van der Waals surface area contributed by atoms with Gasteiger partial charge in [-0.3, -0.25) is 4.90 Å². The van der Waals surface area contributed by atoms with Crippen molar-refractivity contribution in [1.29, 1.82) is 0 Å². The van der Waals surface area contributed by atoms with Crippen LogP contribution in [0.4, 0.5) is 0 Å². The summed E-state index contributed by atoms with van der Waals surface area (Å²) < 4.78 is 22.7. The molecule has 1 spiro atoms. The average molecular weight is 349 g/mol. The fraction of sp³-hybridized carbons (Fsp3) is 0.647. The first kappa shape index (κ1) is 16.2. The Labute approximate surface area is 146 Å². The summed E-state index contributed by atoms with van der Waals surface area (Å²) in [6.45, 7) is 5.25. The monoisotopic (exact) mass is 349 g/mol. The van der Waals surface area contributed by atoms with Gasteiger partial charge in [0.1, 0.15) is 6.61 Å². The van der Waals surface area contributed by atoms with Gasteiger partial charge in [0.25, 0.3) is 0 Å². The van der Waals surface area contributed by atoms with Crippen LogP contribution in [0.1, 0.15) is 25.7 Å². The minimum absolute atomic E-state index is 0.546. The second-order valence-electron chi connectivity index (χ2n) is 6.40. The van der Waals surface area contributed by atoms with E-state index in [1.807, 2.05) is 12.1 Å². The van der Waals surface area contributed by atoms with Crippen molar-refractivity contribution in [1.82, 2.24) is 9.88 Å². The Morgan fingerprint density at radius 1 is 1.25 bits per heavy atom. The minimum Gasteiger partial charge on any atom is -0.476 e. The predicted octanol–water partition coefficient (Wildman–Crippen LogP) is 2.54. The molecule has 0 unspecified atom stereocenters. The molecular formula is C17H23N3O3S. The molecule has 24 heavy (non-hydrogen) atoms. The second kappa shape index (κ2) is 7.29. The van der Waals surface area contributed by atoms with Crippen LogP contribution in [0.15, 0.2) is 27.6 Å². The molecule has 130 valence electrons. The highest BCUT2D eigenvalue weighted by atomic mass is 32.2. The van der Waals surface area contributed by atoms with E-state index in [9.17, 15) is 0 Å². The van der Waals surface area contributed by atoms with Gasteiger partial charge in [0.05, 0.1) is 18.1 Å². The Balaban J connectivity index is 1.50. The van der Waals surface area contributed by atoms with Crippen molar-refractivity contribution in [3.05, 3.63) is 18.3 Å². The molecule has 0 bridgehead atoms. The molecule has 0 aromatic carbocycles. The smallest absolute Gasteiger partial charge is 0.241 e. The van der Waals surface area contributed by atoms with E-state index in [1.54, 1.807) is 6.20 Å². The normalized spacial score (nSPS) is 23.2. The fourth-order valence-electron chi connectivity index (χ4n) is 3.38. The number of hydrogen-bond acceptors (Lipinski definition) is 7. The summed E-state index contributed by atoms with van der Waals surface area (Å²) in [6.07, 6.45) is 5.83. The van der Waals surface area contributed by atoms with Crippen LogP contribution < -0.4 is 4.74 Å². The lowest BCUT2D eigenvalue weighted by Gasteiger charge is -2.36. The maximum absolute atomic E-state index is 6.34. The number of ether oxygens (including phenoxy) is 3. The van der Waals surface area contributed by atoms with Crippen LogP contribution in [-0.2, 0) is 9.47 Å². The van der Waals surface area contributed by atoms with Crippen LogP contribution in [0.5, 0.6) is 5.88 Å². The third kappa shape index (κ3) is 3.38. The predicted molar refractivity (Wildman–Crippen MR) is 92.6 cm³/mol. The Morgan fingerprint density at radius 3 is 2.92 bits per heavy atom. The first-order valence-electron chi connectivity index (χ1n) is 8.68. The molecule has 0 aliphatic carbocycles. The number of rotatable bonds is 3. The van der Waals surface area contributed by atoms with Crippen LogP contribution in [0.25, 0.3) is 0 Å². The molecule has 2 fully saturated rings. The Morgan fingerprint density at radius 2 is 2.08 bits per heavy atom. The SMILES string of the molecule is c1cnc2c(c1)SN=C(OCCN1CCCC1)C1(CCOCC1)O2. The topological polar surface area (TPSA) is 56.2 Å². The van der Waals surface area contributed by atoms with E-state index in [1.165, 1.54) is 37.9 Å². The zero-order chi connectivity index (χ0) is 16.2. The largest absolute Gasteiger partial charge is 0.476 e. The van der Waals surface area contributed by atoms with Crippen LogP contribution in [0.2, 0.25) is 0 Å². The van der Waals surface area contributed by atoms with Crippen molar-refractivity contribution >= 4 is 17.8 Å². The van der Waals surface area contributed by atoms with Crippen LogP contribution >= 0.6 is 11.9 Å². The van der Waals surface area contributed by atoms with Gasteiger partial charge in [-0.1, -0.05) is 0 Å². The van der Waals surface area contributed by atoms with Crippen molar-refractivity contribution in [3.63, 3.8) is 0 Å². The lowest BCUT2D eigenvalue weighted by Crippen LogP contribution is -2.50. The standard InChI is InChI=1S/C17H23N3O3S/c1-2-9-20(8-1)10-13-22-16-17(5-11-21-12-6-17)23-15-14(24-19-16)4-3-7-18-15/h3-4,7H,1-2,5-6,8-13H2.